The molecule has 0 atom stereocenters. The Morgan fingerprint density at radius 2 is 2.00 bits per heavy atom. The van der Waals surface area contributed by atoms with Gasteiger partial charge in [0.15, 0.2) is 5.65 Å². The van der Waals surface area contributed by atoms with Gasteiger partial charge in [0.25, 0.3) is 0 Å². The molecule has 1 fully saturated rings. The monoisotopic (exact) mass is 480 g/mol. The SMILES string of the molecule is CCN(CC)CC(=O)N1CCC(c2cnc(CCc3c(F)ccc4c3CCO4)n3cnnc23)CC1. The van der Waals surface area contributed by atoms with Crippen molar-refractivity contribution in [2.75, 3.05) is 39.3 Å². The van der Waals surface area contributed by atoms with Gasteiger partial charge < -0.3 is 9.64 Å². The van der Waals surface area contributed by atoms with E-state index < -0.39 is 0 Å². The summed E-state index contributed by atoms with van der Waals surface area (Å²) in [5.74, 6) is 1.91. The smallest absolute Gasteiger partial charge is 0.236 e. The molecule has 1 saturated heterocycles. The Kier molecular flexibility index (Phi) is 6.95. The number of benzene rings is 1. The number of aromatic nitrogens is 4. The fourth-order valence-electron chi connectivity index (χ4n) is 5.36. The molecular formula is C26H33FN6O2. The van der Waals surface area contributed by atoms with Gasteiger partial charge in [0.2, 0.25) is 5.91 Å². The molecule has 5 rings (SSSR count). The maximum absolute atomic E-state index is 14.6. The van der Waals surface area contributed by atoms with Crippen LogP contribution in [0.1, 0.15) is 55.1 Å². The molecular weight excluding hydrogens is 447 g/mol. The van der Waals surface area contributed by atoms with Gasteiger partial charge in [-0.25, -0.2) is 9.37 Å². The summed E-state index contributed by atoms with van der Waals surface area (Å²) in [5.41, 5.74) is 3.57. The highest BCUT2D eigenvalue weighted by Gasteiger charge is 2.27. The fourth-order valence-corrected chi connectivity index (χ4v) is 5.36. The average Bonchev–Trinajstić information content (AvgIpc) is 3.57. The molecule has 0 N–H and O–H groups in total. The number of ether oxygens (including phenoxy) is 1. The van der Waals surface area contributed by atoms with Crippen LogP contribution < -0.4 is 4.74 Å². The largest absolute Gasteiger partial charge is 0.493 e. The Morgan fingerprint density at radius 1 is 1.20 bits per heavy atom. The summed E-state index contributed by atoms with van der Waals surface area (Å²) >= 11 is 0. The number of hydrogen-bond acceptors (Lipinski definition) is 6. The minimum atomic E-state index is -0.187. The molecule has 186 valence electrons. The first kappa shape index (κ1) is 23.7. The van der Waals surface area contributed by atoms with E-state index in [4.69, 9.17) is 9.72 Å². The normalized spacial score (nSPS) is 16.2. The minimum Gasteiger partial charge on any atom is -0.493 e. The van der Waals surface area contributed by atoms with Gasteiger partial charge >= 0.3 is 0 Å². The summed E-state index contributed by atoms with van der Waals surface area (Å²) in [4.78, 5) is 21.6. The number of likely N-dealkylation sites (N-methyl/N-ethyl adjacent to an activating group) is 1. The summed E-state index contributed by atoms with van der Waals surface area (Å²) in [7, 11) is 0. The van der Waals surface area contributed by atoms with E-state index in [-0.39, 0.29) is 17.6 Å². The molecule has 0 bridgehead atoms. The van der Waals surface area contributed by atoms with Crippen molar-refractivity contribution in [3.63, 3.8) is 0 Å². The van der Waals surface area contributed by atoms with E-state index in [1.165, 1.54) is 6.07 Å². The number of carbonyl (C=O) groups is 1. The van der Waals surface area contributed by atoms with Crippen LogP contribution in [0.25, 0.3) is 5.65 Å². The quantitative estimate of drug-likeness (QED) is 0.493. The van der Waals surface area contributed by atoms with Gasteiger partial charge in [0.1, 0.15) is 23.7 Å². The lowest BCUT2D eigenvalue weighted by molar-refractivity contribution is -0.133. The second-order valence-corrected chi connectivity index (χ2v) is 9.37. The predicted octanol–water partition coefficient (Wildman–Crippen LogP) is 3.03. The summed E-state index contributed by atoms with van der Waals surface area (Å²) in [5, 5.41) is 8.54. The zero-order valence-corrected chi connectivity index (χ0v) is 20.5. The molecule has 1 amide bonds. The highest BCUT2D eigenvalue weighted by atomic mass is 19.1. The summed E-state index contributed by atoms with van der Waals surface area (Å²) in [6, 6.07) is 3.21. The van der Waals surface area contributed by atoms with Crippen LogP contribution in [0.2, 0.25) is 0 Å². The molecule has 0 radical (unpaired) electrons. The summed E-state index contributed by atoms with van der Waals surface area (Å²) in [6.45, 7) is 8.51. The van der Waals surface area contributed by atoms with E-state index in [2.05, 4.69) is 28.9 Å². The highest BCUT2D eigenvalue weighted by Crippen LogP contribution is 2.32. The number of rotatable bonds is 8. The number of aryl methyl sites for hydroxylation is 1. The number of fused-ring (bicyclic) bond motifs is 2. The van der Waals surface area contributed by atoms with Crippen LogP contribution in [-0.4, -0.2) is 74.6 Å². The Labute approximate surface area is 205 Å². The Morgan fingerprint density at radius 3 is 2.77 bits per heavy atom. The van der Waals surface area contributed by atoms with Gasteiger partial charge in [-0.05, 0) is 56.0 Å². The van der Waals surface area contributed by atoms with Gasteiger partial charge in [-0.2, -0.15) is 0 Å². The summed E-state index contributed by atoms with van der Waals surface area (Å²) in [6.07, 6.45) is 7.24. The molecule has 3 aromatic rings. The number of piperidine rings is 1. The number of nitrogens with zero attached hydrogens (tertiary/aromatic N) is 6. The van der Waals surface area contributed by atoms with E-state index in [0.717, 1.165) is 73.8 Å². The van der Waals surface area contributed by atoms with Gasteiger partial charge in [0.05, 0.1) is 13.2 Å². The summed E-state index contributed by atoms with van der Waals surface area (Å²) < 4.78 is 22.1. The second-order valence-electron chi connectivity index (χ2n) is 9.37. The van der Waals surface area contributed by atoms with Crippen molar-refractivity contribution >= 4 is 11.6 Å². The third-order valence-electron chi connectivity index (χ3n) is 7.52. The highest BCUT2D eigenvalue weighted by molar-refractivity contribution is 5.78. The second kappa shape index (κ2) is 10.3. The maximum atomic E-state index is 14.6. The number of likely N-dealkylation sites (tertiary alicyclic amines) is 1. The predicted molar refractivity (Wildman–Crippen MR) is 130 cm³/mol. The molecule has 1 aromatic carbocycles. The van der Waals surface area contributed by atoms with Crippen molar-refractivity contribution in [1.82, 2.24) is 29.4 Å². The van der Waals surface area contributed by atoms with Crippen LogP contribution in [0.3, 0.4) is 0 Å². The lowest BCUT2D eigenvalue weighted by Gasteiger charge is -2.33. The Balaban J connectivity index is 1.27. The molecule has 2 aliphatic rings. The molecule has 35 heavy (non-hydrogen) atoms. The first-order chi connectivity index (χ1) is 17.1. The molecule has 2 aromatic heterocycles. The van der Waals surface area contributed by atoms with Gasteiger partial charge in [-0.1, -0.05) is 13.8 Å². The molecule has 0 saturated carbocycles. The van der Waals surface area contributed by atoms with Crippen LogP contribution >= 0.6 is 0 Å². The van der Waals surface area contributed by atoms with E-state index in [9.17, 15) is 9.18 Å². The first-order valence-corrected chi connectivity index (χ1v) is 12.7. The number of amides is 1. The van der Waals surface area contributed by atoms with Crippen LogP contribution in [0, 0.1) is 5.82 Å². The molecule has 2 aliphatic heterocycles. The molecule has 4 heterocycles. The van der Waals surface area contributed by atoms with Crippen molar-refractivity contribution in [2.24, 2.45) is 0 Å². The van der Waals surface area contributed by atoms with Crippen molar-refractivity contribution in [1.29, 1.82) is 0 Å². The molecule has 0 spiro atoms. The minimum absolute atomic E-state index is 0.187. The maximum Gasteiger partial charge on any atom is 0.236 e. The zero-order chi connectivity index (χ0) is 24.4. The number of hydrogen-bond donors (Lipinski definition) is 0. The van der Waals surface area contributed by atoms with Crippen molar-refractivity contribution in [3.8, 4) is 5.75 Å². The number of halogens is 1. The van der Waals surface area contributed by atoms with Crippen LogP contribution in [-0.2, 0) is 24.1 Å². The van der Waals surface area contributed by atoms with E-state index in [1.54, 1.807) is 12.4 Å². The van der Waals surface area contributed by atoms with Crippen LogP contribution in [0.4, 0.5) is 4.39 Å². The molecule has 9 heteroatoms. The van der Waals surface area contributed by atoms with E-state index >= 15 is 0 Å². The van der Waals surface area contributed by atoms with Gasteiger partial charge in [0, 0.05) is 43.3 Å². The fraction of sp³-hybridized carbons (Fsp3) is 0.538. The van der Waals surface area contributed by atoms with Crippen LogP contribution in [0.15, 0.2) is 24.7 Å². The lowest BCUT2D eigenvalue weighted by atomic mass is 9.90. The first-order valence-electron chi connectivity index (χ1n) is 12.7. The Bertz CT molecular complexity index is 1200. The van der Waals surface area contributed by atoms with Gasteiger partial charge in [-0.3, -0.25) is 14.1 Å². The van der Waals surface area contributed by atoms with Crippen LogP contribution in [0.5, 0.6) is 5.75 Å². The van der Waals surface area contributed by atoms with Crippen molar-refractivity contribution in [2.45, 2.75) is 51.9 Å². The molecule has 0 aliphatic carbocycles. The average molecular weight is 481 g/mol. The van der Waals surface area contributed by atoms with Gasteiger partial charge in [-0.15, -0.1) is 10.2 Å². The lowest BCUT2D eigenvalue weighted by Crippen LogP contribution is -2.43. The number of carbonyl (C=O) groups excluding carboxylic acids is 1. The van der Waals surface area contributed by atoms with E-state index in [0.29, 0.717) is 31.6 Å². The third-order valence-corrected chi connectivity index (χ3v) is 7.52. The zero-order valence-electron chi connectivity index (χ0n) is 20.5. The third kappa shape index (κ3) is 4.74. The standard InChI is InChI=1S/C26H33FN6O2/c1-3-31(4-2)16-25(34)32-12-9-18(10-13-32)21-15-28-24(33-17-29-30-26(21)33)8-5-19-20-11-14-35-23(20)7-6-22(19)27/h6-7,15,17-18H,3-5,8-14,16H2,1-2H3. The Hall–Kier alpha value is -3.07. The molecule has 8 nitrogen and oxygen atoms in total. The van der Waals surface area contributed by atoms with E-state index in [1.807, 2.05) is 15.5 Å². The van der Waals surface area contributed by atoms with Crippen molar-refractivity contribution in [3.05, 3.63) is 53.0 Å². The van der Waals surface area contributed by atoms with Crippen molar-refractivity contribution < 1.29 is 13.9 Å². The molecule has 0 unspecified atom stereocenters. The topological polar surface area (TPSA) is 75.9 Å².